The molecule has 0 radical (unpaired) electrons. The second-order valence-electron chi connectivity index (χ2n) is 22.4. The first-order chi connectivity index (χ1) is 39.1. The zero-order valence-corrected chi connectivity index (χ0v) is 51.3. The molecule has 0 aliphatic rings. The van der Waals surface area contributed by atoms with Gasteiger partial charge in [0.2, 0.25) is 0 Å². The van der Waals surface area contributed by atoms with Crippen LogP contribution in [0.2, 0.25) is 0 Å². The average molecular weight is 1120 g/mol. The molecule has 0 fully saturated rings. The molecule has 430 valence electrons. The van der Waals surface area contributed by atoms with Gasteiger partial charge in [-0.05, 0) is 188 Å². The molecule has 2 aromatic heterocycles. The van der Waals surface area contributed by atoms with Crippen molar-refractivity contribution in [3.63, 3.8) is 0 Å². The minimum Gasteiger partial charge on any atom is -0.493 e. The molecule has 0 saturated carbocycles. The van der Waals surface area contributed by atoms with Gasteiger partial charge in [0.25, 0.3) is 0 Å². The highest BCUT2D eigenvalue weighted by molar-refractivity contribution is 7.08. The van der Waals surface area contributed by atoms with E-state index in [1.165, 1.54) is 51.4 Å². The Morgan fingerprint density at radius 2 is 0.613 bits per heavy atom. The van der Waals surface area contributed by atoms with Gasteiger partial charge in [-0.2, -0.15) is 22.7 Å². The van der Waals surface area contributed by atoms with Crippen LogP contribution in [0.4, 0.5) is 0 Å². The monoisotopic (exact) mass is 1120 g/mol. The summed E-state index contributed by atoms with van der Waals surface area (Å²) in [6.07, 6.45) is 18.2. The van der Waals surface area contributed by atoms with Crippen LogP contribution >= 0.6 is 22.7 Å². The Morgan fingerprint density at radius 1 is 0.362 bits per heavy atom. The Kier molecular flexibility index (Phi) is 24.7. The SMILES string of the molecule is CCCCC(CC)COc1ccc(C(O)(c2ccc(OCC(CC)CCCC)cc2)c2cc(-c3ccsc3)c(C(O)(c3ccc(OCC(CC)CCCC)cc3)c3ccc(OCC(CC)CCCC)cc3)cc2-c2ccsc2)cc1. The molecule has 7 aromatic rings. The maximum absolute atomic E-state index is 14.2. The third-order valence-electron chi connectivity index (χ3n) is 16.8. The predicted molar refractivity (Wildman–Crippen MR) is 338 cm³/mol. The highest BCUT2D eigenvalue weighted by Crippen LogP contribution is 2.50. The molecule has 2 N–H and O–H groups in total. The summed E-state index contributed by atoms with van der Waals surface area (Å²) in [5.74, 6) is 5.02. The van der Waals surface area contributed by atoms with Gasteiger partial charge >= 0.3 is 0 Å². The predicted octanol–water partition coefficient (Wildman–Crippen LogP) is 20.1. The van der Waals surface area contributed by atoms with E-state index in [1.807, 2.05) is 97.1 Å². The molecule has 2 heterocycles. The molecule has 0 bridgehead atoms. The molecule has 0 aliphatic carbocycles. The summed E-state index contributed by atoms with van der Waals surface area (Å²) in [6, 6.07) is 40.7. The molecule has 0 spiro atoms. The molecule has 0 aliphatic heterocycles. The molecule has 4 atom stereocenters. The zero-order valence-electron chi connectivity index (χ0n) is 49.7. The van der Waals surface area contributed by atoms with Gasteiger partial charge < -0.3 is 29.2 Å². The van der Waals surface area contributed by atoms with Crippen LogP contribution in [-0.2, 0) is 11.2 Å². The lowest BCUT2D eigenvalue weighted by Gasteiger charge is -2.36. The first kappa shape index (κ1) is 62.2. The van der Waals surface area contributed by atoms with E-state index in [0.717, 1.165) is 96.6 Å². The molecule has 0 amide bonds. The fourth-order valence-electron chi connectivity index (χ4n) is 11.1. The van der Waals surface area contributed by atoms with Crippen LogP contribution in [0.1, 0.15) is 192 Å². The van der Waals surface area contributed by atoms with Crippen LogP contribution in [0.3, 0.4) is 0 Å². The van der Waals surface area contributed by atoms with Gasteiger partial charge in [0.05, 0.1) is 26.4 Å². The second kappa shape index (κ2) is 31.7. The molecule has 6 nitrogen and oxygen atoms in total. The van der Waals surface area contributed by atoms with Crippen molar-refractivity contribution in [3.8, 4) is 45.3 Å². The van der Waals surface area contributed by atoms with E-state index in [-0.39, 0.29) is 0 Å². The minimum atomic E-state index is -1.69. The quantitative estimate of drug-likeness (QED) is 0.0381. The third-order valence-corrected chi connectivity index (χ3v) is 18.2. The van der Waals surface area contributed by atoms with Gasteiger partial charge in [0.15, 0.2) is 0 Å². The molecule has 5 aromatic carbocycles. The number of ether oxygens (including phenoxy) is 4. The number of hydrogen-bond donors (Lipinski definition) is 2. The Morgan fingerprint density at radius 3 is 0.812 bits per heavy atom. The van der Waals surface area contributed by atoms with Gasteiger partial charge in [-0.15, -0.1) is 0 Å². The number of hydrogen-bond acceptors (Lipinski definition) is 8. The van der Waals surface area contributed by atoms with Crippen LogP contribution in [0.25, 0.3) is 22.3 Å². The normalized spacial score (nSPS) is 14.6. The Labute approximate surface area is 490 Å². The molecule has 4 unspecified atom stereocenters. The Hall–Kier alpha value is -5.38. The lowest BCUT2D eigenvalue weighted by atomic mass is 9.72. The lowest BCUT2D eigenvalue weighted by molar-refractivity contribution is 0.122. The summed E-state index contributed by atoms with van der Waals surface area (Å²) in [5.41, 5.74) is 4.29. The number of benzene rings is 5. The molecule has 0 saturated heterocycles. The Balaban J connectivity index is 1.42. The van der Waals surface area contributed by atoms with Gasteiger partial charge in [-0.25, -0.2) is 0 Å². The van der Waals surface area contributed by atoms with Crippen molar-refractivity contribution in [1.82, 2.24) is 0 Å². The molecular formula is C72H94O6S2. The summed E-state index contributed by atoms with van der Waals surface area (Å²) in [5, 5.41) is 36.9. The smallest absolute Gasteiger partial charge is 0.141 e. The largest absolute Gasteiger partial charge is 0.493 e. The average Bonchev–Trinajstić information content (AvgIpc) is 4.28. The van der Waals surface area contributed by atoms with Crippen LogP contribution in [0.5, 0.6) is 23.0 Å². The number of rotatable bonds is 36. The highest BCUT2D eigenvalue weighted by Gasteiger charge is 2.42. The van der Waals surface area contributed by atoms with Crippen molar-refractivity contribution in [2.45, 2.75) is 169 Å². The van der Waals surface area contributed by atoms with Crippen LogP contribution in [0.15, 0.2) is 143 Å². The lowest BCUT2D eigenvalue weighted by Crippen LogP contribution is -2.32. The molecular weight excluding hydrogens is 1020 g/mol. The van der Waals surface area contributed by atoms with Crippen molar-refractivity contribution in [1.29, 1.82) is 0 Å². The van der Waals surface area contributed by atoms with E-state index in [2.05, 4.69) is 101 Å². The van der Waals surface area contributed by atoms with Gasteiger partial charge in [0.1, 0.15) is 34.2 Å². The van der Waals surface area contributed by atoms with Crippen LogP contribution in [-0.4, -0.2) is 36.6 Å². The van der Waals surface area contributed by atoms with E-state index < -0.39 is 11.2 Å². The van der Waals surface area contributed by atoms with Crippen molar-refractivity contribution in [2.75, 3.05) is 26.4 Å². The van der Waals surface area contributed by atoms with Crippen LogP contribution < -0.4 is 18.9 Å². The highest BCUT2D eigenvalue weighted by atomic mass is 32.1. The van der Waals surface area contributed by atoms with E-state index in [1.54, 1.807) is 22.7 Å². The van der Waals surface area contributed by atoms with E-state index in [0.29, 0.717) is 83.5 Å². The molecule has 8 heteroatoms. The van der Waals surface area contributed by atoms with Crippen molar-refractivity contribution >= 4 is 22.7 Å². The van der Waals surface area contributed by atoms with E-state index in [9.17, 15) is 10.2 Å². The number of aliphatic hydroxyl groups is 2. The first-order valence-corrected chi connectivity index (χ1v) is 32.6. The topological polar surface area (TPSA) is 77.4 Å². The maximum atomic E-state index is 14.2. The summed E-state index contributed by atoms with van der Waals surface area (Å²) >= 11 is 3.22. The first-order valence-electron chi connectivity index (χ1n) is 30.7. The molecule has 80 heavy (non-hydrogen) atoms. The maximum Gasteiger partial charge on any atom is 0.141 e. The second-order valence-corrected chi connectivity index (χ2v) is 24.0. The standard InChI is InChI=1S/C72H94O6S2/c1-9-17-21-53(13-5)47-75-63-33-25-59(26-34-63)71(73,60-27-35-64(36-28-60)76-48-54(14-6)22-18-10-2)69-45-68(58-42-44-80-52-58)70(46-67(69)57-41-43-79-51-57)72(74,61-29-37-65(38-30-61)77-49-55(15-7)23-19-11-3)62-31-39-66(40-32-62)78-50-56(16-8)24-20-12-4/h25-46,51-56,73-74H,9-24,47-50H2,1-8H3. The van der Waals surface area contributed by atoms with Crippen molar-refractivity contribution < 1.29 is 29.2 Å². The van der Waals surface area contributed by atoms with Crippen LogP contribution in [0, 0.1) is 23.7 Å². The minimum absolute atomic E-state index is 0.479. The summed E-state index contributed by atoms with van der Waals surface area (Å²) in [7, 11) is 0. The number of unbranched alkanes of at least 4 members (excludes halogenated alkanes) is 4. The number of thiophene rings is 2. The third kappa shape index (κ3) is 16.0. The van der Waals surface area contributed by atoms with Crippen molar-refractivity contribution in [3.05, 3.63) is 176 Å². The van der Waals surface area contributed by atoms with E-state index in [4.69, 9.17) is 18.9 Å². The van der Waals surface area contributed by atoms with Crippen molar-refractivity contribution in [2.24, 2.45) is 23.7 Å². The fourth-order valence-corrected chi connectivity index (χ4v) is 12.4. The van der Waals surface area contributed by atoms with Gasteiger partial charge in [0, 0.05) is 11.1 Å². The Bertz CT molecular complexity index is 2480. The van der Waals surface area contributed by atoms with Gasteiger partial charge in [-0.1, -0.05) is 181 Å². The summed E-state index contributed by atoms with van der Waals surface area (Å²) in [4.78, 5) is 0. The molecule has 7 rings (SSSR count). The van der Waals surface area contributed by atoms with E-state index >= 15 is 0 Å². The summed E-state index contributed by atoms with van der Waals surface area (Å²) < 4.78 is 25.9. The summed E-state index contributed by atoms with van der Waals surface area (Å²) in [6.45, 7) is 20.5. The van der Waals surface area contributed by atoms with Gasteiger partial charge in [-0.3, -0.25) is 0 Å². The zero-order chi connectivity index (χ0) is 56.7. The fraction of sp³-hybridized carbons (Fsp3) is 0.472.